The largest absolute Gasteiger partial charge is 0.325 e. The number of anilines is 1. The molecule has 0 saturated carbocycles. The maximum absolute atomic E-state index is 12.4. The van der Waals surface area contributed by atoms with Crippen LogP contribution >= 0.6 is 23.1 Å². The number of nitrogens with one attached hydrogen (secondary N) is 1. The molecule has 3 heterocycles. The van der Waals surface area contributed by atoms with Gasteiger partial charge in [-0.05, 0) is 44.0 Å². The van der Waals surface area contributed by atoms with Gasteiger partial charge in [0.1, 0.15) is 10.7 Å². The van der Waals surface area contributed by atoms with Crippen LogP contribution in [0.25, 0.3) is 15.9 Å². The van der Waals surface area contributed by atoms with Crippen molar-refractivity contribution in [3.63, 3.8) is 0 Å². The van der Waals surface area contributed by atoms with Crippen molar-refractivity contribution in [2.24, 2.45) is 0 Å². The number of amides is 1. The Morgan fingerprint density at radius 3 is 2.76 bits per heavy atom. The highest BCUT2D eigenvalue weighted by Gasteiger charge is 2.21. The second kappa shape index (κ2) is 7.76. The van der Waals surface area contributed by atoms with Crippen LogP contribution < -0.4 is 5.32 Å². The van der Waals surface area contributed by atoms with E-state index in [2.05, 4.69) is 43.2 Å². The molecule has 0 aliphatic carbocycles. The predicted octanol–water partition coefficient (Wildman–Crippen LogP) is 5.12. The normalized spacial score (nSPS) is 11.7. The van der Waals surface area contributed by atoms with E-state index in [0.717, 1.165) is 32.9 Å². The molecule has 4 rings (SSSR count). The highest BCUT2D eigenvalue weighted by molar-refractivity contribution is 7.99. The van der Waals surface area contributed by atoms with E-state index in [1.807, 2.05) is 35.6 Å². The Balaban J connectivity index is 1.65. The van der Waals surface area contributed by atoms with Crippen LogP contribution in [0.4, 0.5) is 5.69 Å². The molecule has 0 atom stereocenters. The number of nitrogens with zero attached hydrogens (tertiary/aromatic N) is 4. The first-order valence-electron chi connectivity index (χ1n) is 9.49. The molecule has 1 N–H and O–H groups in total. The van der Waals surface area contributed by atoms with E-state index >= 15 is 0 Å². The Kier molecular flexibility index (Phi) is 5.31. The number of aromatic nitrogens is 4. The van der Waals surface area contributed by atoms with Crippen molar-refractivity contribution in [3.8, 4) is 0 Å². The van der Waals surface area contributed by atoms with Crippen molar-refractivity contribution in [1.29, 1.82) is 0 Å². The number of thiophene rings is 1. The van der Waals surface area contributed by atoms with Crippen LogP contribution in [0.1, 0.15) is 41.6 Å². The number of benzene rings is 1. The van der Waals surface area contributed by atoms with Crippen molar-refractivity contribution in [1.82, 2.24) is 19.6 Å². The summed E-state index contributed by atoms with van der Waals surface area (Å²) in [5.41, 5.74) is 3.93. The van der Waals surface area contributed by atoms with E-state index in [-0.39, 0.29) is 17.6 Å². The van der Waals surface area contributed by atoms with Gasteiger partial charge < -0.3 is 5.32 Å². The first-order chi connectivity index (χ1) is 13.8. The molecule has 1 amide bonds. The zero-order valence-electron chi connectivity index (χ0n) is 17.1. The monoisotopic (exact) mass is 425 g/mol. The fraction of sp³-hybridized carbons (Fsp3) is 0.333. The SMILES string of the molecule is Cc1cccc(NC(=O)CSc2nnc3c4c(C)c(C)sc4nc(C(C)C)n23)c1. The van der Waals surface area contributed by atoms with Gasteiger partial charge in [-0.25, -0.2) is 4.98 Å². The summed E-state index contributed by atoms with van der Waals surface area (Å²) in [6.07, 6.45) is 0. The molecular weight excluding hydrogens is 402 g/mol. The van der Waals surface area contributed by atoms with E-state index in [4.69, 9.17) is 4.98 Å². The van der Waals surface area contributed by atoms with Gasteiger partial charge in [0.2, 0.25) is 5.91 Å². The van der Waals surface area contributed by atoms with Gasteiger partial charge in [0.15, 0.2) is 10.8 Å². The second-order valence-corrected chi connectivity index (χ2v) is 9.58. The standard InChI is InChI=1S/C21H23N5OS2/c1-11(2)18-23-20-17(13(4)14(5)29-20)19-24-25-21(26(18)19)28-10-16(27)22-15-8-6-7-12(3)9-15/h6-9,11H,10H2,1-5H3,(H,22,27). The lowest BCUT2D eigenvalue weighted by Gasteiger charge is -2.10. The Labute approximate surface area is 177 Å². The molecule has 1 aromatic carbocycles. The first kappa shape index (κ1) is 19.8. The van der Waals surface area contributed by atoms with Gasteiger partial charge in [-0.3, -0.25) is 9.20 Å². The summed E-state index contributed by atoms with van der Waals surface area (Å²) >= 11 is 3.07. The molecule has 0 saturated heterocycles. The molecule has 0 fully saturated rings. The van der Waals surface area contributed by atoms with Crippen LogP contribution in [-0.4, -0.2) is 31.2 Å². The zero-order valence-corrected chi connectivity index (χ0v) is 18.7. The number of carbonyl (C=O) groups is 1. The number of carbonyl (C=O) groups excluding carboxylic acids is 1. The summed E-state index contributed by atoms with van der Waals surface area (Å²) < 4.78 is 2.01. The highest BCUT2D eigenvalue weighted by atomic mass is 32.2. The molecule has 0 unspecified atom stereocenters. The number of rotatable bonds is 5. The van der Waals surface area contributed by atoms with Crippen molar-refractivity contribution in [3.05, 3.63) is 46.1 Å². The van der Waals surface area contributed by atoms with E-state index in [1.165, 1.54) is 22.2 Å². The molecule has 0 bridgehead atoms. The van der Waals surface area contributed by atoms with Crippen LogP contribution in [0.2, 0.25) is 0 Å². The van der Waals surface area contributed by atoms with Crippen LogP contribution in [0.3, 0.4) is 0 Å². The van der Waals surface area contributed by atoms with Crippen LogP contribution in [-0.2, 0) is 4.79 Å². The van der Waals surface area contributed by atoms with Crippen LogP contribution in [0.5, 0.6) is 0 Å². The molecule has 8 heteroatoms. The summed E-state index contributed by atoms with van der Waals surface area (Å²) in [5, 5.41) is 13.5. The van der Waals surface area contributed by atoms with E-state index in [0.29, 0.717) is 5.16 Å². The lowest BCUT2D eigenvalue weighted by atomic mass is 10.2. The number of fused-ring (bicyclic) bond motifs is 3. The minimum absolute atomic E-state index is 0.0694. The topological polar surface area (TPSA) is 72.2 Å². The van der Waals surface area contributed by atoms with Gasteiger partial charge in [-0.15, -0.1) is 21.5 Å². The average Bonchev–Trinajstić information content (AvgIpc) is 3.20. The van der Waals surface area contributed by atoms with Gasteiger partial charge in [0.25, 0.3) is 0 Å². The molecule has 6 nitrogen and oxygen atoms in total. The lowest BCUT2D eigenvalue weighted by Crippen LogP contribution is -2.14. The molecule has 0 aliphatic rings. The lowest BCUT2D eigenvalue weighted by molar-refractivity contribution is -0.113. The summed E-state index contributed by atoms with van der Waals surface area (Å²) in [4.78, 5) is 19.6. The Morgan fingerprint density at radius 1 is 1.24 bits per heavy atom. The maximum atomic E-state index is 12.4. The maximum Gasteiger partial charge on any atom is 0.234 e. The summed E-state index contributed by atoms with van der Waals surface area (Å²) in [6.45, 7) is 10.4. The number of hydrogen-bond donors (Lipinski definition) is 1. The van der Waals surface area contributed by atoms with Crippen LogP contribution in [0.15, 0.2) is 29.4 Å². The second-order valence-electron chi connectivity index (χ2n) is 7.44. The molecule has 0 radical (unpaired) electrons. The number of aryl methyl sites for hydroxylation is 3. The molecule has 29 heavy (non-hydrogen) atoms. The van der Waals surface area contributed by atoms with Crippen LogP contribution in [0, 0.1) is 20.8 Å². The third-order valence-corrected chi connectivity index (χ3v) is 6.85. The molecular formula is C21H23N5OS2. The van der Waals surface area contributed by atoms with Crippen molar-refractivity contribution in [2.45, 2.75) is 45.7 Å². The molecule has 4 aromatic rings. The van der Waals surface area contributed by atoms with Gasteiger partial charge in [0.05, 0.1) is 11.1 Å². The first-order valence-corrected chi connectivity index (χ1v) is 11.3. The van der Waals surface area contributed by atoms with E-state index < -0.39 is 0 Å². The van der Waals surface area contributed by atoms with E-state index in [1.54, 1.807) is 11.3 Å². The Bertz CT molecular complexity index is 1220. The average molecular weight is 426 g/mol. The fourth-order valence-electron chi connectivity index (χ4n) is 3.27. The third kappa shape index (κ3) is 3.74. The fourth-order valence-corrected chi connectivity index (χ4v) is 5.05. The zero-order chi connectivity index (χ0) is 20.7. The third-order valence-electron chi connectivity index (χ3n) is 4.82. The quantitative estimate of drug-likeness (QED) is 0.449. The van der Waals surface area contributed by atoms with Crippen molar-refractivity contribution < 1.29 is 4.79 Å². The molecule has 3 aromatic heterocycles. The van der Waals surface area contributed by atoms with E-state index in [9.17, 15) is 4.79 Å². The number of thioether (sulfide) groups is 1. The molecule has 150 valence electrons. The minimum atomic E-state index is -0.0694. The predicted molar refractivity (Wildman–Crippen MR) is 120 cm³/mol. The summed E-state index contributed by atoms with van der Waals surface area (Å²) in [5.74, 6) is 1.31. The van der Waals surface area contributed by atoms with Gasteiger partial charge in [-0.1, -0.05) is 37.7 Å². The summed E-state index contributed by atoms with van der Waals surface area (Å²) in [6, 6.07) is 7.78. The number of hydrogen-bond acceptors (Lipinski definition) is 6. The molecule has 0 spiro atoms. The Hall–Kier alpha value is -2.45. The smallest absolute Gasteiger partial charge is 0.234 e. The Morgan fingerprint density at radius 2 is 2.03 bits per heavy atom. The van der Waals surface area contributed by atoms with Gasteiger partial charge in [-0.2, -0.15) is 0 Å². The summed E-state index contributed by atoms with van der Waals surface area (Å²) in [7, 11) is 0. The van der Waals surface area contributed by atoms with Gasteiger partial charge >= 0.3 is 0 Å². The van der Waals surface area contributed by atoms with Crippen molar-refractivity contribution >= 4 is 50.6 Å². The van der Waals surface area contributed by atoms with Gasteiger partial charge in [0, 0.05) is 16.5 Å². The molecule has 0 aliphatic heterocycles. The van der Waals surface area contributed by atoms with Crippen molar-refractivity contribution in [2.75, 3.05) is 11.1 Å². The minimum Gasteiger partial charge on any atom is -0.325 e. The highest BCUT2D eigenvalue weighted by Crippen LogP contribution is 2.34.